The van der Waals surface area contributed by atoms with Crippen molar-refractivity contribution in [3.8, 4) is 0 Å². The summed E-state index contributed by atoms with van der Waals surface area (Å²) < 4.78 is 4.50. The normalized spacial score (nSPS) is 7.92. The minimum Gasteiger partial charge on any atom is -0.465 e. The van der Waals surface area contributed by atoms with E-state index in [4.69, 9.17) is 0 Å². The largest absolute Gasteiger partial charge is 0.465 e. The van der Waals surface area contributed by atoms with Gasteiger partial charge in [0.25, 0.3) is 0 Å². The first-order valence-electron chi connectivity index (χ1n) is 7.78. The third kappa shape index (κ3) is 10.1. The van der Waals surface area contributed by atoms with Crippen molar-refractivity contribution in [2.45, 2.75) is 27.7 Å². The zero-order valence-corrected chi connectivity index (χ0v) is 15.0. The fourth-order valence-electron chi connectivity index (χ4n) is 1.33. The van der Waals surface area contributed by atoms with Crippen molar-refractivity contribution in [1.29, 1.82) is 0 Å². The first-order valence-corrected chi connectivity index (χ1v) is 7.78. The van der Waals surface area contributed by atoms with Crippen molar-refractivity contribution >= 4 is 11.9 Å². The fraction of sp³-hybridized carbons (Fsp3) is 0.263. The van der Waals surface area contributed by atoms with Gasteiger partial charge in [-0.05, 0) is 24.3 Å². The highest BCUT2D eigenvalue weighted by molar-refractivity contribution is 5.89. The Balaban J connectivity index is 0. The molecule has 2 N–H and O–H groups in total. The fourth-order valence-corrected chi connectivity index (χ4v) is 1.33. The predicted molar refractivity (Wildman–Crippen MR) is 96.5 cm³/mol. The summed E-state index contributed by atoms with van der Waals surface area (Å²) >= 11 is 0. The van der Waals surface area contributed by atoms with Crippen LogP contribution in [0.4, 0.5) is 0 Å². The second kappa shape index (κ2) is 16.7. The van der Waals surface area contributed by atoms with Crippen molar-refractivity contribution in [3.63, 3.8) is 0 Å². The summed E-state index contributed by atoms with van der Waals surface area (Å²) in [7, 11) is 1.37. The van der Waals surface area contributed by atoms with E-state index in [0.29, 0.717) is 11.1 Å². The highest BCUT2D eigenvalue weighted by atomic mass is 16.7. The Morgan fingerprint density at radius 1 is 0.708 bits per heavy atom. The van der Waals surface area contributed by atoms with Crippen LogP contribution >= 0.6 is 0 Å². The zero-order chi connectivity index (χ0) is 18.8. The standard InChI is InChI=1S/C8H8O2.C7H7NO2.2C2H6/c1-10-8(9)7-5-3-2-4-6-7;8-10-7(9)6-4-2-1-3-5-6;2*1-2/h2-6H,1H3;1-5H,8H2;2*1-2H3. The summed E-state index contributed by atoms with van der Waals surface area (Å²) in [5, 5.41) is 0. The first-order chi connectivity index (χ1) is 11.7. The van der Waals surface area contributed by atoms with Crippen LogP contribution in [0.25, 0.3) is 0 Å². The Bertz CT molecular complexity index is 490. The molecular formula is C19H27NO4. The number of ether oxygens (including phenoxy) is 1. The average molecular weight is 333 g/mol. The van der Waals surface area contributed by atoms with Crippen LogP contribution in [-0.4, -0.2) is 19.0 Å². The smallest absolute Gasteiger partial charge is 0.356 e. The predicted octanol–water partition coefficient (Wildman–Crippen LogP) is 4.24. The van der Waals surface area contributed by atoms with Gasteiger partial charge in [0.1, 0.15) is 0 Å². The van der Waals surface area contributed by atoms with E-state index in [9.17, 15) is 9.59 Å². The zero-order valence-electron chi connectivity index (χ0n) is 15.0. The van der Waals surface area contributed by atoms with Crippen LogP contribution < -0.4 is 5.90 Å². The van der Waals surface area contributed by atoms with Crippen LogP contribution in [0.2, 0.25) is 0 Å². The lowest BCUT2D eigenvalue weighted by atomic mass is 10.2. The molecule has 0 bridgehead atoms. The Morgan fingerprint density at radius 2 is 1.04 bits per heavy atom. The Morgan fingerprint density at radius 3 is 1.33 bits per heavy atom. The van der Waals surface area contributed by atoms with Gasteiger partial charge < -0.3 is 9.57 Å². The van der Waals surface area contributed by atoms with Gasteiger partial charge in [-0.1, -0.05) is 64.1 Å². The van der Waals surface area contributed by atoms with Gasteiger partial charge in [0.2, 0.25) is 0 Å². The average Bonchev–Trinajstić information content (AvgIpc) is 2.71. The highest BCUT2D eigenvalue weighted by Gasteiger charge is 2.01. The minimum atomic E-state index is -0.513. The first kappa shape index (κ1) is 23.6. The molecule has 0 saturated carbocycles. The van der Waals surface area contributed by atoms with Crippen LogP contribution in [0.1, 0.15) is 48.4 Å². The van der Waals surface area contributed by atoms with E-state index in [1.54, 1.807) is 48.5 Å². The molecule has 5 nitrogen and oxygen atoms in total. The second-order valence-corrected chi connectivity index (χ2v) is 3.63. The molecule has 0 aliphatic carbocycles. The van der Waals surface area contributed by atoms with E-state index in [1.807, 2.05) is 39.8 Å². The van der Waals surface area contributed by atoms with Gasteiger partial charge in [-0.15, -0.1) is 0 Å². The van der Waals surface area contributed by atoms with Gasteiger partial charge in [-0.2, -0.15) is 5.90 Å². The van der Waals surface area contributed by atoms with Gasteiger partial charge in [0.15, 0.2) is 0 Å². The minimum absolute atomic E-state index is 0.291. The van der Waals surface area contributed by atoms with Gasteiger partial charge in [0, 0.05) is 0 Å². The van der Waals surface area contributed by atoms with E-state index in [0.717, 1.165) is 0 Å². The van der Waals surface area contributed by atoms with E-state index >= 15 is 0 Å². The maximum absolute atomic E-state index is 10.8. The summed E-state index contributed by atoms with van der Waals surface area (Å²) in [5.41, 5.74) is 1.05. The molecule has 0 amide bonds. The number of methoxy groups -OCH3 is 1. The summed E-state index contributed by atoms with van der Waals surface area (Å²) in [6.45, 7) is 8.00. The van der Waals surface area contributed by atoms with E-state index in [-0.39, 0.29) is 5.97 Å². The molecule has 2 rings (SSSR count). The number of rotatable bonds is 2. The molecule has 0 spiro atoms. The van der Waals surface area contributed by atoms with Crippen molar-refractivity contribution in [1.82, 2.24) is 0 Å². The lowest BCUT2D eigenvalue weighted by Gasteiger charge is -1.95. The van der Waals surface area contributed by atoms with E-state index < -0.39 is 5.97 Å². The van der Waals surface area contributed by atoms with Gasteiger partial charge >= 0.3 is 11.9 Å². The third-order valence-corrected chi connectivity index (χ3v) is 2.31. The molecule has 0 fully saturated rings. The molecule has 5 heteroatoms. The molecule has 0 aliphatic rings. The third-order valence-electron chi connectivity index (χ3n) is 2.31. The molecule has 0 unspecified atom stereocenters. The molecule has 0 heterocycles. The number of hydrogen-bond donors (Lipinski definition) is 1. The monoisotopic (exact) mass is 333 g/mol. The van der Waals surface area contributed by atoms with E-state index in [2.05, 4.69) is 15.5 Å². The molecule has 0 aromatic heterocycles. The summed E-state index contributed by atoms with van der Waals surface area (Å²) in [6, 6.07) is 17.4. The van der Waals surface area contributed by atoms with Crippen molar-refractivity contribution in [2.24, 2.45) is 5.90 Å². The van der Waals surface area contributed by atoms with Crippen LogP contribution in [-0.2, 0) is 9.57 Å². The molecule has 24 heavy (non-hydrogen) atoms. The molecule has 2 aromatic carbocycles. The van der Waals surface area contributed by atoms with Crippen LogP contribution in [0, 0.1) is 0 Å². The lowest BCUT2D eigenvalue weighted by Crippen LogP contribution is -2.09. The van der Waals surface area contributed by atoms with Gasteiger partial charge in [-0.3, -0.25) is 0 Å². The topological polar surface area (TPSA) is 78.6 Å². The quantitative estimate of drug-likeness (QED) is 0.657. The maximum Gasteiger partial charge on any atom is 0.356 e. The number of hydrogen-bond acceptors (Lipinski definition) is 5. The summed E-state index contributed by atoms with van der Waals surface area (Å²) in [5.74, 6) is 3.85. The number of nitrogens with two attached hydrogens (primary N) is 1. The number of carbonyl (C=O) groups is 2. The van der Waals surface area contributed by atoms with Gasteiger partial charge in [0.05, 0.1) is 18.2 Å². The number of carbonyl (C=O) groups excluding carboxylic acids is 2. The van der Waals surface area contributed by atoms with E-state index in [1.165, 1.54) is 7.11 Å². The Kier molecular flexibility index (Phi) is 16.4. The maximum atomic E-state index is 10.8. The van der Waals surface area contributed by atoms with Crippen molar-refractivity contribution < 1.29 is 19.2 Å². The molecule has 2 aromatic rings. The van der Waals surface area contributed by atoms with Crippen molar-refractivity contribution in [2.75, 3.05) is 7.11 Å². The Labute approximate surface area is 144 Å². The second-order valence-electron chi connectivity index (χ2n) is 3.63. The summed E-state index contributed by atoms with van der Waals surface area (Å²) in [6.07, 6.45) is 0. The molecular weight excluding hydrogens is 306 g/mol. The van der Waals surface area contributed by atoms with Crippen LogP contribution in [0.5, 0.6) is 0 Å². The molecule has 0 atom stereocenters. The van der Waals surface area contributed by atoms with Crippen molar-refractivity contribution in [3.05, 3.63) is 71.8 Å². The van der Waals surface area contributed by atoms with Gasteiger partial charge in [-0.25, -0.2) is 9.59 Å². The summed E-state index contributed by atoms with van der Waals surface area (Å²) in [4.78, 5) is 25.5. The molecule has 0 saturated heterocycles. The lowest BCUT2D eigenvalue weighted by molar-refractivity contribution is 0.0502. The number of esters is 1. The van der Waals surface area contributed by atoms with Crippen LogP contribution in [0.15, 0.2) is 60.7 Å². The highest BCUT2D eigenvalue weighted by Crippen LogP contribution is 1.99. The molecule has 132 valence electrons. The van der Waals surface area contributed by atoms with Crippen LogP contribution in [0.3, 0.4) is 0 Å². The SMILES string of the molecule is CC.CC.COC(=O)c1ccccc1.NOC(=O)c1ccccc1. The number of benzene rings is 2. The Hall–Kier alpha value is -2.66. The molecule has 0 aliphatic heterocycles. The molecule has 0 radical (unpaired) electrons.